The summed E-state index contributed by atoms with van der Waals surface area (Å²) in [4.78, 5) is 11.1. The Hall–Kier alpha value is -0.590. The molecule has 0 heterocycles. The molecule has 6 heteroatoms. The summed E-state index contributed by atoms with van der Waals surface area (Å²) < 4.78 is 0. The zero-order valence-corrected chi connectivity index (χ0v) is 9.09. The first-order valence-electron chi connectivity index (χ1n) is 3.43. The summed E-state index contributed by atoms with van der Waals surface area (Å²) in [6.45, 7) is 1.73. The molecule has 1 atom stereocenters. The summed E-state index contributed by atoms with van der Waals surface area (Å²) in [6, 6.07) is 0. The van der Waals surface area contributed by atoms with Gasteiger partial charge in [-0.05, 0) is 0 Å². The average Bonchev–Trinajstić information content (AvgIpc) is 2.07. The van der Waals surface area contributed by atoms with Crippen molar-refractivity contribution in [1.82, 2.24) is 0 Å². The van der Waals surface area contributed by atoms with Crippen LogP contribution in [0.25, 0.3) is 0 Å². The lowest BCUT2D eigenvalue weighted by molar-refractivity contribution is -0.414. The first-order valence-corrected chi connectivity index (χ1v) is 4.66. The third-order valence-electron chi connectivity index (χ3n) is 1.75. The van der Waals surface area contributed by atoms with Crippen LogP contribution in [-0.2, 0) is 0 Å². The van der Waals surface area contributed by atoms with Crippen LogP contribution in [0.3, 0.4) is 0 Å². The molecule has 0 saturated carbocycles. The lowest BCUT2D eigenvalue weighted by Crippen LogP contribution is -2.32. The third kappa shape index (κ3) is 1.84. The Morgan fingerprint density at radius 3 is 2.38 bits per heavy atom. The molecule has 0 aromatic rings. The molecule has 3 nitrogen and oxygen atoms in total. The molecule has 68 valence electrons. The van der Waals surface area contributed by atoms with Crippen LogP contribution in [0.1, 0.15) is 6.92 Å². The second kappa shape index (κ2) is 3.65. The Kier molecular flexibility index (Phi) is 2.94. The van der Waals surface area contributed by atoms with Gasteiger partial charge in [0.1, 0.15) is 4.86 Å². The van der Waals surface area contributed by atoms with Crippen molar-refractivity contribution >= 4 is 51.2 Å². The zero-order chi connectivity index (χ0) is 10.2. The normalized spacial score (nSPS) is 23.0. The van der Waals surface area contributed by atoms with Crippen molar-refractivity contribution in [3.05, 3.63) is 21.9 Å². The highest BCUT2D eigenvalue weighted by Crippen LogP contribution is 2.19. The van der Waals surface area contributed by atoms with Crippen LogP contribution >= 0.6 is 36.7 Å². The van der Waals surface area contributed by atoms with E-state index in [2.05, 4.69) is 0 Å². The first kappa shape index (κ1) is 10.5. The molecule has 0 aliphatic heterocycles. The monoisotopic (exact) mass is 231 g/mol. The van der Waals surface area contributed by atoms with Crippen molar-refractivity contribution in [2.24, 2.45) is 5.92 Å². The van der Waals surface area contributed by atoms with Crippen molar-refractivity contribution in [2.45, 2.75) is 6.92 Å². The summed E-state index contributed by atoms with van der Waals surface area (Å²) in [5, 5.41) is 10.5. The third-order valence-corrected chi connectivity index (χ3v) is 3.35. The molecule has 0 spiro atoms. The molecule has 0 N–H and O–H groups in total. The molecule has 1 unspecified atom stereocenters. The Morgan fingerprint density at radius 2 is 1.92 bits per heavy atom. The highest BCUT2D eigenvalue weighted by atomic mass is 32.1. The molecule has 0 aromatic carbocycles. The van der Waals surface area contributed by atoms with Gasteiger partial charge in [-0.25, -0.2) is 0 Å². The number of allylic oxidation sites excluding steroid dienone is 2. The van der Waals surface area contributed by atoms with Gasteiger partial charge in [-0.1, -0.05) is 43.6 Å². The second-order valence-corrected chi connectivity index (χ2v) is 3.92. The van der Waals surface area contributed by atoms with Crippen LogP contribution in [0, 0.1) is 16.0 Å². The van der Waals surface area contributed by atoms with Crippen molar-refractivity contribution in [2.75, 3.05) is 0 Å². The van der Waals surface area contributed by atoms with Crippen LogP contribution in [-0.4, -0.2) is 19.5 Å². The van der Waals surface area contributed by atoms with E-state index in [1.807, 2.05) is 0 Å². The second-order valence-electron chi connectivity index (χ2n) is 2.60. The van der Waals surface area contributed by atoms with Gasteiger partial charge in [0.2, 0.25) is 0 Å². The molecule has 1 aliphatic rings. The fourth-order valence-electron chi connectivity index (χ4n) is 0.963. The Morgan fingerprint density at radius 1 is 1.38 bits per heavy atom. The van der Waals surface area contributed by atoms with Gasteiger partial charge < -0.3 is 0 Å². The van der Waals surface area contributed by atoms with E-state index in [0.717, 1.165) is 0 Å². The molecule has 0 fully saturated rings. The number of hydrogen-bond donors (Lipinski definition) is 0. The molecule has 0 bridgehead atoms. The maximum absolute atomic E-state index is 10.5. The van der Waals surface area contributed by atoms with E-state index >= 15 is 0 Å². The van der Waals surface area contributed by atoms with Gasteiger partial charge in [0.25, 0.3) is 5.70 Å². The smallest absolute Gasteiger partial charge is 0.258 e. The summed E-state index contributed by atoms with van der Waals surface area (Å²) in [6.07, 6.45) is 1.26. The van der Waals surface area contributed by atoms with Crippen LogP contribution in [0.4, 0.5) is 0 Å². The highest BCUT2D eigenvalue weighted by Gasteiger charge is 2.32. The summed E-state index contributed by atoms with van der Waals surface area (Å²) in [5.74, 6) is -0.275. The fraction of sp³-hybridized carbons (Fsp3) is 0.286. The maximum Gasteiger partial charge on any atom is 0.285 e. The van der Waals surface area contributed by atoms with Crippen LogP contribution < -0.4 is 0 Å². The molecule has 1 aliphatic carbocycles. The fourth-order valence-corrected chi connectivity index (χ4v) is 1.75. The summed E-state index contributed by atoms with van der Waals surface area (Å²) >= 11 is 14.7. The standard InChI is InChI=1S/C7H5NO2S3/c1-3-6(12)4(8(9)10)2-5(11)7(3)13/h2-3H,1H3. The highest BCUT2D eigenvalue weighted by molar-refractivity contribution is 7.90. The van der Waals surface area contributed by atoms with Crippen LogP contribution in [0.15, 0.2) is 11.8 Å². The molecule has 1 rings (SSSR count). The Bertz CT molecular complexity index is 359. The molecule has 0 radical (unpaired) electrons. The van der Waals surface area contributed by atoms with E-state index in [4.69, 9.17) is 36.7 Å². The van der Waals surface area contributed by atoms with Gasteiger partial charge in [0.05, 0.1) is 9.79 Å². The molecule has 0 saturated heterocycles. The van der Waals surface area contributed by atoms with Gasteiger partial charge in [0, 0.05) is 16.9 Å². The Balaban J connectivity index is 3.20. The minimum Gasteiger partial charge on any atom is -0.258 e. The largest absolute Gasteiger partial charge is 0.285 e. The molecular formula is C7H5NO2S3. The molecule has 0 aromatic heterocycles. The first-order chi connectivity index (χ1) is 5.95. The van der Waals surface area contributed by atoms with Crippen LogP contribution in [0.5, 0.6) is 0 Å². The van der Waals surface area contributed by atoms with Gasteiger partial charge in [-0.2, -0.15) is 0 Å². The van der Waals surface area contributed by atoms with Crippen molar-refractivity contribution < 1.29 is 4.92 Å². The predicted molar refractivity (Wildman–Crippen MR) is 62.0 cm³/mol. The van der Waals surface area contributed by atoms with E-state index in [1.54, 1.807) is 6.92 Å². The topological polar surface area (TPSA) is 43.1 Å². The lowest BCUT2D eigenvalue weighted by Gasteiger charge is -2.16. The lowest BCUT2D eigenvalue weighted by atomic mass is 9.93. The van der Waals surface area contributed by atoms with E-state index in [9.17, 15) is 10.1 Å². The van der Waals surface area contributed by atoms with Gasteiger partial charge in [-0.3, -0.25) is 10.1 Å². The molecular weight excluding hydrogens is 226 g/mol. The Labute approximate surface area is 91.0 Å². The van der Waals surface area contributed by atoms with Crippen molar-refractivity contribution in [1.29, 1.82) is 0 Å². The minimum atomic E-state index is -0.521. The van der Waals surface area contributed by atoms with E-state index in [0.29, 0.717) is 9.73 Å². The summed E-state index contributed by atoms with van der Waals surface area (Å²) in [5.41, 5.74) is -0.0962. The number of thiocarbonyl (C=S) groups is 3. The zero-order valence-electron chi connectivity index (χ0n) is 6.64. The van der Waals surface area contributed by atoms with E-state index < -0.39 is 4.92 Å². The number of rotatable bonds is 1. The SMILES string of the molecule is CC1C(=S)C(=S)C=C([N+](=O)[O-])C1=S. The van der Waals surface area contributed by atoms with E-state index in [1.165, 1.54) is 6.08 Å². The van der Waals surface area contributed by atoms with Gasteiger partial charge in [-0.15, -0.1) is 0 Å². The minimum absolute atomic E-state index is 0.0962. The average molecular weight is 231 g/mol. The molecule has 13 heavy (non-hydrogen) atoms. The number of hydrogen-bond acceptors (Lipinski definition) is 5. The van der Waals surface area contributed by atoms with Gasteiger partial charge >= 0.3 is 0 Å². The predicted octanol–water partition coefficient (Wildman–Crippen LogP) is 1.91. The molecule has 0 amide bonds. The van der Waals surface area contributed by atoms with Crippen molar-refractivity contribution in [3.8, 4) is 0 Å². The maximum atomic E-state index is 10.5. The van der Waals surface area contributed by atoms with Crippen LogP contribution in [0.2, 0.25) is 0 Å². The van der Waals surface area contributed by atoms with E-state index in [-0.39, 0.29) is 16.5 Å². The van der Waals surface area contributed by atoms with Crippen molar-refractivity contribution in [3.63, 3.8) is 0 Å². The van der Waals surface area contributed by atoms with Gasteiger partial charge in [0.15, 0.2) is 0 Å². The number of nitro groups is 1. The number of nitrogens with zero attached hydrogens (tertiary/aromatic N) is 1. The quantitative estimate of drug-likeness (QED) is 0.392. The summed E-state index contributed by atoms with van der Waals surface area (Å²) in [7, 11) is 0.